The zero-order valence-electron chi connectivity index (χ0n) is 13.1. The predicted molar refractivity (Wildman–Crippen MR) is 97.6 cm³/mol. The van der Waals surface area contributed by atoms with Crippen molar-refractivity contribution in [2.75, 3.05) is 12.9 Å². The fourth-order valence-electron chi connectivity index (χ4n) is 1.77. The molecule has 0 fully saturated rings. The molecule has 0 saturated heterocycles. The number of thioether (sulfide) groups is 1. The minimum absolute atomic E-state index is 0.104. The molecular weight excluding hydrogens is 366 g/mol. The van der Waals surface area contributed by atoms with Crippen LogP contribution in [-0.2, 0) is 4.79 Å². The van der Waals surface area contributed by atoms with E-state index >= 15 is 0 Å². The van der Waals surface area contributed by atoms with E-state index in [1.165, 1.54) is 36.2 Å². The van der Waals surface area contributed by atoms with Crippen molar-refractivity contribution in [2.24, 2.45) is 5.10 Å². The van der Waals surface area contributed by atoms with Crippen molar-refractivity contribution in [2.45, 2.75) is 4.90 Å². The third-order valence-corrected chi connectivity index (χ3v) is 4.37. The van der Waals surface area contributed by atoms with Crippen molar-refractivity contribution in [1.82, 2.24) is 5.43 Å². The van der Waals surface area contributed by atoms with Gasteiger partial charge in [0.05, 0.1) is 24.0 Å². The summed E-state index contributed by atoms with van der Waals surface area (Å²) < 4.78 is 5.06. The molecule has 1 N–H and O–H groups in total. The molecule has 0 aliphatic rings. The average Bonchev–Trinajstić information content (AvgIpc) is 2.61. The van der Waals surface area contributed by atoms with E-state index in [0.717, 1.165) is 10.6 Å². The number of nitro benzene ring substituents is 1. The Bertz CT molecular complexity index is 796. The topological polar surface area (TPSA) is 93.8 Å². The number of amides is 1. The number of nitrogens with one attached hydrogen (secondary N) is 1. The Morgan fingerprint density at radius 1 is 1.36 bits per heavy atom. The van der Waals surface area contributed by atoms with Gasteiger partial charge in [-0.15, -0.1) is 11.8 Å². The lowest BCUT2D eigenvalue weighted by molar-refractivity contribution is -0.384. The molecule has 9 heteroatoms. The van der Waals surface area contributed by atoms with Gasteiger partial charge in [0.1, 0.15) is 5.75 Å². The van der Waals surface area contributed by atoms with Gasteiger partial charge in [0, 0.05) is 27.6 Å². The largest absolute Gasteiger partial charge is 0.497 e. The molecule has 1 amide bonds. The molecule has 25 heavy (non-hydrogen) atoms. The number of nitrogens with zero attached hydrogens (tertiary/aromatic N) is 2. The molecule has 0 bridgehead atoms. The van der Waals surface area contributed by atoms with Crippen LogP contribution in [0.2, 0.25) is 5.02 Å². The Balaban J connectivity index is 1.87. The Kier molecular flexibility index (Phi) is 6.79. The van der Waals surface area contributed by atoms with E-state index in [2.05, 4.69) is 10.5 Å². The number of hydrogen-bond acceptors (Lipinski definition) is 6. The molecule has 2 aromatic rings. The predicted octanol–water partition coefficient (Wildman–Crippen LogP) is 3.50. The van der Waals surface area contributed by atoms with Crippen LogP contribution in [0.1, 0.15) is 5.56 Å². The number of rotatable bonds is 7. The first-order valence-electron chi connectivity index (χ1n) is 7.02. The van der Waals surface area contributed by atoms with Crippen molar-refractivity contribution in [1.29, 1.82) is 0 Å². The maximum atomic E-state index is 11.8. The lowest BCUT2D eigenvalue weighted by Crippen LogP contribution is -2.19. The Labute approximate surface area is 153 Å². The van der Waals surface area contributed by atoms with Gasteiger partial charge < -0.3 is 4.74 Å². The molecule has 0 aliphatic heterocycles. The lowest BCUT2D eigenvalue weighted by Gasteiger charge is -2.03. The van der Waals surface area contributed by atoms with Gasteiger partial charge in [0.2, 0.25) is 5.91 Å². The van der Waals surface area contributed by atoms with E-state index in [1.807, 2.05) is 24.3 Å². The molecule has 0 saturated carbocycles. The molecule has 7 nitrogen and oxygen atoms in total. The third-order valence-electron chi connectivity index (χ3n) is 3.01. The maximum Gasteiger partial charge on any atom is 0.270 e. The number of benzene rings is 2. The first-order valence-corrected chi connectivity index (χ1v) is 8.38. The van der Waals surface area contributed by atoms with E-state index < -0.39 is 4.92 Å². The molecule has 0 spiro atoms. The minimum atomic E-state index is -0.530. The molecule has 0 atom stereocenters. The number of methoxy groups -OCH3 is 1. The van der Waals surface area contributed by atoms with Gasteiger partial charge in [-0.25, -0.2) is 5.43 Å². The van der Waals surface area contributed by atoms with Crippen LogP contribution in [0, 0.1) is 10.1 Å². The van der Waals surface area contributed by atoms with Crippen LogP contribution in [0.4, 0.5) is 5.69 Å². The SMILES string of the molecule is COc1ccc(SCC(=O)N/N=C\c2cc([N+](=O)[O-])ccc2Cl)cc1. The smallest absolute Gasteiger partial charge is 0.270 e. The molecular formula is C16H14ClN3O4S. The number of non-ortho nitro benzene ring substituents is 1. The van der Waals surface area contributed by atoms with Crippen LogP contribution in [-0.4, -0.2) is 29.9 Å². The summed E-state index contributed by atoms with van der Waals surface area (Å²) >= 11 is 7.29. The highest BCUT2D eigenvalue weighted by Gasteiger charge is 2.08. The van der Waals surface area contributed by atoms with Crippen molar-refractivity contribution in [3.8, 4) is 5.75 Å². The number of ether oxygens (including phenoxy) is 1. The zero-order valence-corrected chi connectivity index (χ0v) is 14.7. The van der Waals surface area contributed by atoms with Gasteiger partial charge in [-0.2, -0.15) is 5.10 Å². The van der Waals surface area contributed by atoms with Crippen LogP contribution in [0.15, 0.2) is 52.5 Å². The lowest BCUT2D eigenvalue weighted by atomic mass is 10.2. The van der Waals surface area contributed by atoms with Crippen molar-refractivity contribution >= 4 is 41.2 Å². The van der Waals surface area contributed by atoms with Gasteiger partial charge in [0.25, 0.3) is 5.69 Å². The maximum absolute atomic E-state index is 11.8. The Morgan fingerprint density at radius 3 is 2.72 bits per heavy atom. The quantitative estimate of drug-likeness (QED) is 0.344. The molecule has 2 aromatic carbocycles. The first-order chi connectivity index (χ1) is 12.0. The number of carbonyl (C=O) groups excluding carboxylic acids is 1. The molecule has 0 unspecified atom stereocenters. The Morgan fingerprint density at radius 2 is 2.08 bits per heavy atom. The minimum Gasteiger partial charge on any atom is -0.497 e. The van der Waals surface area contributed by atoms with E-state index in [0.29, 0.717) is 10.6 Å². The highest BCUT2D eigenvalue weighted by Crippen LogP contribution is 2.21. The van der Waals surface area contributed by atoms with Crippen LogP contribution in [0.3, 0.4) is 0 Å². The van der Waals surface area contributed by atoms with Gasteiger partial charge in [-0.3, -0.25) is 14.9 Å². The average molecular weight is 380 g/mol. The second kappa shape index (κ2) is 9.05. The van der Waals surface area contributed by atoms with Crippen molar-refractivity contribution in [3.05, 3.63) is 63.2 Å². The fraction of sp³-hybridized carbons (Fsp3) is 0.125. The fourth-order valence-corrected chi connectivity index (χ4v) is 2.63. The first kappa shape index (κ1) is 18.8. The summed E-state index contributed by atoms with van der Waals surface area (Å²) in [4.78, 5) is 22.9. The van der Waals surface area contributed by atoms with Crippen LogP contribution in [0.25, 0.3) is 0 Å². The number of halogens is 1. The highest BCUT2D eigenvalue weighted by molar-refractivity contribution is 8.00. The molecule has 0 aliphatic carbocycles. The normalized spacial score (nSPS) is 10.6. The monoisotopic (exact) mass is 379 g/mol. The summed E-state index contributed by atoms with van der Waals surface area (Å²) in [5, 5.41) is 14.8. The van der Waals surface area contributed by atoms with Gasteiger partial charge in [-0.1, -0.05) is 11.6 Å². The van der Waals surface area contributed by atoms with Gasteiger partial charge in [0.15, 0.2) is 0 Å². The van der Waals surface area contributed by atoms with E-state index in [4.69, 9.17) is 16.3 Å². The summed E-state index contributed by atoms with van der Waals surface area (Å²) in [7, 11) is 1.58. The van der Waals surface area contributed by atoms with Gasteiger partial charge in [-0.05, 0) is 30.3 Å². The summed E-state index contributed by atoms with van der Waals surface area (Å²) in [6.07, 6.45) is 1.27. The van der Waals surface area contributed by atoms with Gasteiger partial charge >= 0.3 is 0 Å². The third kappa shape index (κ3) is 5.77. The molecule has 0 heterocycles. The second-order valence-electron chi connectivity index (χ2n) is 4.72. The van der Waals surface area contributed by atoms with Crippen molar-refractivity contribution in [3.63, 3.8) is 0 Å². The Hall–Kier alpha value is -2.58. The van der Waals surface area contributed by atoms with Crippen molar-refractivity contribution < 1.29 is 14.5 Å². The zero-order chi connectivity index (χ0) is 18.2. The van der Waals surface area contributed by atoms with E-state index in [1.54, 1.807) is 7.11 Å². The summed E-state index contributed by atoms with van der Waals surface area (Å²) in [5.41, 5.74) is 2.60. The number of hydrazone groups is 1. The number of hydrogen-bond donors (Lipinski definition) is 1. The number of carbonyl (C=O) groups is 1. The summed E-state index contributed by atoms with van der Waals surface area (Å²) in [6, 6.07) is 11.3. The summed E-state index contributed by atoms with van der Waals surface area (Å²) in [6.45, 7) is 0. The van der Waals surface area contributed by atoms with Crippen LogP contribution >= 0.6 is 23.4 Å². The molecule has 0 aromatic heterocycles. The molecule has 0 radical (unpaired) electrons. The molecule has 2 rings (SSSR count). The summed E-state index contributed by atoms with van der Waals surface area (Å²) in [5.74, 6) is 0.609. The van der Waals surface area contributed by atoms with E-state index in [-0.39, 0.29) is 17.3 Å². The van der Waals surface area contributed by atoms with Crippen LogP contribution in [0.5, 0.6) is 5.75 Å². The van der Waals surface area contributed by atoms with E-state index in [9.17, 15) is 14.9 Å². The highest BCUT2D eigenvalue weighted by atomic mass is 35.5. The number of nitro groups is 1. The standard InChI is InChI=1S/C16H14ClN3O4S/c1-24-13-3-5-14(6-4-13)25-10-16(21)19-18-9-11-8-12(20(22)23)2-7-15(11)17/h2-9H,10H2,1H3,(H,19,21)/b18-9-. The second-order valence-corrected chi connectivity index (χ2v) is 6.18. The van der Waals surface area contributed by atoms with Crippen LogP contribution < -0.4 is 10.2 Å². The molecule has 130 valence electrons.